The fraction of sp³-hybridized carbons (Fsp3) is 0.593. The van der Waals surface area contributed by atoms with Crippen molar-refractivity contribution in [1.29, 1.82) is 0 Å². The molecule has 2 fully saturated rings. The fourth-order valence-corrected chi connectivity index (χ4v) is 5.88. The van der Waals surface area contributed by atoms with Crippen LogP contribution in [0.15, 0.2) is 24.3 Å². The molecule has 1 aliphatic heterocycles. The smallest absolute Gasteiger partial charge is 0.274 e. The van der Waals surface area contributed by atoms with Gasteiger partial charge in [0.1, 0.15) is 0 Å². The zero-order valence-electron chi connectivity index (χ0n) is 19.9. The summed E-state index contributed by atoms with van der Waals surface area (Å²) in [7, 11) is 0. The van der Waals surface area contributed by atoms with Crippen LogP contribution in [0.3, 0.4) is 0 Å². The first-order valence-corrected chi connectivity index (χ1v) is 12.9. The average Bonchev–Trinajstić information content (AvgIpc) is 3.46. The standard InChI is InChI=1S/C27H36N4O2/c1-20-8-5-6-12-23(20)31-24-13-7-11-22(24)26(28-31)27(33)30-18-16-29(17-19-30)25(32)15-14-21-9-3-2-4-10-21/h5-6,8,12,21H,2-4,7,9-11,13-19H2,1H3. The predicted molar refractivity (Wildman–Crippen MR) is 129 cm³/mol. The normalized spacial score (nSPS) is 19.1. The van der Waals surface area contributed by atoms with Crippen LogP contribution in [0.5, 0.6) is 0 Å². The SMILES string of the molecule is Cc1ccccc1-n1nc(C(=O)N2CCN(C(=O)CCC3CCCCC3)CC2)c2c1CCC2. The molecule has 6 heteroatoms. The molecule has 0 atom stereocenters. The molecule has 0 bridgehead atoms. The van der Waals surface area contributed by atoms with E-state index in [9.17, 15) is 9.59 Å². The van der Waals surface area contributed by atoms with E-state index in [1.54, 1.807) is 0 Å². The number of piperazine rings is 1. The second-order valence-electron chi connectivity index (χ2n) is 10.0. The number of benzene rings is 1. The summed E-state index contributed by atoms with van der Waals surface area (Å²) in [6, 6.07) is 8.22. The van der Waals surface area contributed by atoms with Gasteiger partial charge >= 0.3 is 0 Å². The van der Waals surface area contributed by atoms with Gasteiger partial charge in [0.15, 0.2) is 5.69 Å². The van der Waals surface area contributed by atoms with Gasteiger partial charge in [-0.2, -0.15) is 5.10 Å². The highest BCUT2D eigenvalue weighted by Crippen LogP contribution is 2.30. The fourth-order valence-electron chi connectivity index (χ4n) is 5.88. The number of nitrogens with zero attached hydrogens (tertiary/aromatic N) is 4. The first-order chi connectivity index (χ1) is 16.1. The van der Waals surface area contributed by atoms with E-state index in [4.69, 9.17) is 5.10 Å². The molecule has 2 amide bonds. The predicted octanol–water partition coefficient (Wildman–Crippen LogP) is 4.31. The van der Waals surface area contributed by atoms with E-state index in [1.165, 1.54) is 37.8 Å². The summed E-state index contributed by atoms with van der Waals surface area (Å²) in [4.78, 5) is 30.0. The van der Waals surface area contributed by atoms with Crippen LogP contribution >= 0.6 is 0 Å². The number of hydrogen-bond acceptors (Lipinski definition) is 3. The Morgan fingerprint density at radius 3 is 2.42 bits per heavy atom. The Bertz CT molecular complexity index is 1010. The van der Waals surface area contributed by atoms with Crippen LogP contribution in [-0.2, 0) is 17.6 Å². The van der Waals surface area contributed by atoms with Crippen molar-refractivity contribution in [3.05, 3.63) is 46.8 Å². The lowest BCUT2D eigenvalue weighted by molar-refractivity contribution is -0.133. The summed E-state index contributed by atoms with van der Waals surface area (Å²) in [5, 5.41) is 4.82. The van der Waals surface area contributed by atoms with Crippen LogP contribution in [0, 0.1) is 12.8 Å². The van der Waals surface area contributed by atoms with E-state index < -0.39 is 0 Å². The molecule has 0 N–H and O–H groups in total. The Balaban J connectivity index is 1.22. The summed E-state index contributed by atoms with van der Waals surface area (Å²) in [6.07, 6.45) is 11.2. The molecule has 1 saturated carbocycles. The number of carbonyl (C=O) groups is 2. The molecule has 2 heterocycles. The first-order valence-electron chi connectivity index (χ1n) is 12.9. The highest BCUT2D eigenvalue weighted by atomic mass is 16.2. The van der Waals surface area contributed by atoms with Crippen LogP contribution < -0.4 is 0 Å². The van der Waals surface area contributed by atoms with Gasteiger partial charge in [0.25, 0.3) is 5.91 Å². The second-order valence-corrected chi connectivity index (χ2v) is 10.0. The molecule has 0 radical (unpaired) electrons. The van der Waals surface area contributed by atoms with Crippen molar-refractivity contribution < 1.29 is 9.59 Å². The van der Waals surface area contributed by atoms with Gasteiger partial charge in [-0.25, -0.2) is 4.68 Å². The topological polar surface area (TPSA) is 58.4 Å². The van der Waals surface area contributed by atoms with Gasteiger partial charge in [-0.15, -0.1) is 0 Å². The number of hydrogen-bond donors (Lipinski definition) is 0. The number of carbonyl (C=O) groups excluding carboxylic acids is 2. The minimum absolute atomic E-state index is 0.0230. The number of aromatic nitrogens is 2. The minimum atomic E-state index is 0.0230. The third-order valence-electron chi connectivity index (χ3n) is 7.89. The van der Waals surface area contributed by atoms with Gasteiger partial charge in [0.05, 0.1) is 5.69 Å². The first kappa shape index (κ1) is 22.2. The van der Waals surface area contributed by atoms with E-state index in [2.05, 4.69) is 19.1 Å². The van der Waals surface area contributed by atoms with E-state index in [-0.39, 0.29) is 11.8 Å². The second kappa shape index (κ2) is 9.70. The molecular weight excluding hydrogens is 412 g/mol. The van der Waals surface area contributed by atoms with Gasteiger partial charge in [0.2, 0.25) is 5.91 Å². The highest BCUT2D eigenvalue weighted by molar-refractivity contribution is 5.94. The maximum Gasteiger partial charge on any atom is 0.274 e. The molecular formula is C27H36N4O2. The number of para-hydroxylation sites is 1. The third-order valence-corrected chi connectivity index (χ3v) is 7.89. The Morgan fingerprint density at radius 2 is 1.67 bits per heavy atom. The molecule has 2 aromatic rings. The van der Waals surface area contributed by atoms with E-state index >= 15 is 0 Å². The van der Waals surface area contributed by atoms with E-state index in [0.717, 1.165) is 48.4 Å². The molecule has 0 unspecified atom stereocenters. The Hall–Kier alpha value is -2.63. The molecule has 6 nitrogen and oxygen atoms in total. The minimum Gasteiger partial charge on any atom is -0.339 e. The van der Waals surface area contributed by atoms with Crippen molar-refractivity contribution in [2.24, 2.45) is 5.92 Å². The van der Waals surface area contributed by atoms with Gasteiger partial charge in [-0.1, -0.05) is 50.3 Å². The summed E-state index contributed by atoms with van der Waals surface area (Å²) < 4.78 is 2.00. The molecule has 2 aliphatic carbocycles. The molecule has 3 aliphatic rings. The maximum atomic E-state index is 13.4. The van der Waals surface area contributed by atoms with Gasteiger partial charge < -0.3 is 9.80 Å². The van der Waals surface area contributed by atoms with Gasteiger partial charge in [0, 0.05) is 43.9 Å². The van der Waals surface area contributed by atoms with Crippen molar-refractivity contribution >= 4 is 11.8 Å². The summed E-state index contributed by atoms with van der Waals surface area (Å²) >= 11 is 0. The van der Waals surface area contributed by atoms with Gasteiger partial charge in [-0.3, -0.25) is 9.59 Å². The summed E-state index contributed by atoms with van der Waals surface area (Å²) in [5.41, 5.74) is 5.14. The highest BCUT2D eigenvalue weighted by Gasteiger charge is 2.32. The molecule has 0 spiro atoms. The lowest BCUT2D eigenvalue weighted by Gasteiger charge is -2.35. The van der Waals surface area contributed by atoms with Crippen molar-refractivity contribution in [1.82, 2.24) is 19.6 Å². The maximum absolute atomic E-state index is 13.4. The molecule has 1 aromatic heterocycles. The molecule has 33 heavy (non-hydrogen) atoms. The lowest BCUT2D eigenvalue weighted by atomic mass is 9.86. The number of rotatable bonds is 5. The molecule has 176 valence electrons. The summed E-state index contributed by atoms with van der Waals surface area (Å²) in [5.74, 6) is 1.02. The van der Waals surface area contributed by atoms with Gasteiger partial charge in [-0.05, 0) is 50.2 Å². The number of aryl methyl sites for hydroxylation is 1. The van der Waals surface area contributed by atoms with Crippen LogP contribution in [0.4, 0.5) is 0 Å². The molecule has 1 saturated heterocycles. The van der Waals surface area contributed by atoms with Crippen LogP contribution in [0.2, 0.25) is 0 Å². The zero-order chi connectivity index (χ0) is 22.8. The Kier molecular flexibility index (Phi) is 6.52. The molecule has 1 aromatic carbocycles. The third kappa shape index (κ3) is 4.57. The van der Waals surface area contributed by atoms with Crippen molar-refractivity contribution in [3.8, 4) is 5.69 Å². The number of amides is 2. The monoisotopic (exact) mass is 448 g/mol. The zero-order valence-corrected chi connectivity index (χ0v) is 19.9. The quantitative estimate of drug-likeness (QED) is 0.685. The van der Waals surface area contributed by atoms with Crippen molar-refractivity contribution in [2.45, 2.75) is 71.1 Å². The largest absolute Gasteiger partial charge is 0.339 e. The number of fused-ring (bicyclic) bond motifs is 1. The lowest BCUT2D eigenvalue weighted by Crippen LogP contribution is -2.50. The van der Waals surface area contributed by atoms with E-state index in [1.807, 2.05) is 26.6 Å². The van der Waals surface area contributed by atoms with Crippen LogP contribution in [-0.4, -0.2) is 57.6 Å². The average molecular weight is 449 g/mol. The van der Waals surface area contributed by atoms with E-state index in [0.29, 0.717) is 38.3 Å². The van der Waals surface area contributed by atoms with Crippen molar-refractivity contribution in [3.63, 3.8) is 0 Å². The molecule has 5 rings (SSSR count). The van der Waals surface area contributed by atoms with Crippen LogP contribution in [0.25, 0.3) is 5.69 Å². The Labute approximate surface area is 196 Å². The Morgan fingerprint density at radius 1 is 0.939 bits per heavy atom. The summed E-state index contributed by atoms with van der Waals surface area (Å²) in [6.45, 7) is 4.55. The van der Waals surface area contributed by atoms with Crippen molar-refractivity contribution in [2.75, 3.05) is 26.2 Å². The van der Waals surface area contributed by atoms with Crippen LogP contribution in [0.1, 0.15) is 78.7 Å².